The van der Waals surface area contributed by atoms with Crippen molar-refractivity contribution >= 4 is 46.5 Å². The number of amides is 1. The fraction of sp³-hybridized carbons (Fsp3) is 0. The molecule has 21 heavy (non-hydrogen) atoms. The van der Waals surface area contributed by atoms with Crippen LogP contribution in [0.3, 0.4) is 0 Å². The molecule has 0 atom stereocenters. The van der Waals surface area contributed by atoms with E-state index in [0.29, 0.717) is 10.7 Å². The van der Waals surface area contributed by atoms with Gasteiger partial charge in [-0.3, -0.25) is 4.79 Å². The van der Waals surface area contributed by atoms with E-state index in [9.17, 15) is 9.59 Å². The number of hydrogen-bond acceptors (Lipinski definition) is 3. The van der Waals surface area contributed by atoms with E-state index in [1.807, 2.05) is 0 Å². The van der Waals surface area contributed by atoms with Crippen LogP contribution in [0.15, 0.2) is 36.4 Å². The fourth-order valence-corrected chi connectivity index (χ4v) is 1.98. The van der Waals surface area contributed by atoms with Crippen LogP contribution in [0.4, 0.5) is 11.4 Å². The van der Waals surface area contributed by atoms with Crippen molar-refractivity contribution in [3.63, 3.8) is 0 Å². The van der Waals surface area contributed by atoms with E-state index in [1.54, 1.807) is 0 Å². The number of carbonyl (C=O) groups is 2. The van der Waals surface area contributed by atoms with E-state index in [1.165, 1.54) is 36.4 Å². The van der Waals surface area contributed by atoms with Gasteiger partial charge in [0.15, 0.2) is 0 Å². The van der Waals surface area contributed by atoms with Gasteiger partial charge >= 0.3 is 5.97 Å². The van der Waals surface area contributed by atoms with Crippen molar-refractivity contribution in [3.8, 4) is 0 Å². The normalized spacial score (nSPS) is 10.2. The van der Waals surface area contributed by atoms with Crippen LogP contribution in [0.2, 0.25) is 10.0 Å². The van der Waals surface area contributed by atoms with Crippen LogP contribution >= 0.6 is 23.2 Å². The predicted octanol–water partition coefficient (Wildman–Crippen LogP) is 3.53. The molecule has 1 amide bonds. The summed E-state index contributed by atoms with van der Waals surface area (Å²) in [5, 5.41) is 12.2. The van der Waals surface area contributed by atoms with Crippen LogP contribution < -0.4 is 11.1 Å². The minimum Gasteiger partial charge on any atom is -0.478 e. The summed E-state index contributed by atoms with van der Waals surface area (Å²) in [5.41, 5.74) is 6.14. The largest absolute Gasteiger partial charge is 0.478 e. The van der Waals surface area contributed by atoms with Gasteiger partial charge in [-0.05, 0) is 36.4 Å². The maximum atomic E-state index is 12.1. The summed E-state index contributed by atoms with van der Waals surface area (Å²) in [4.78, 5) is 23.2. The second-order valence-corrected chi connectivity index (χ2v) is 5.01. The Hall–Kier alpha value is -2.24. The summed E-state index contributed by atoms with van der Waals surface area (Å²) in [6.07, 6.45) is 0. The summed E-state index contributed by atoms with van der Waals surface area (Å²) >= 11 is 11.6. The molecule has 0 fully saturated rings. The standard InChI is InChI=1S/C14H10Cl2N2O3/c15-10-3-1-7(5-11(10)16)13(19)18-12-4-2-8(17)6-9(12)14(20)21/h1-6H,17H2,(H,18,19)(H,20,21). The molecular weight excluding hydrogens is 315 g/mol. The predicted molar refractivity (Wildman–Crippen MR) is 82.2 cm³/mol. The zero-order valence-electron chi connectivity index (χ0n) is 10.6. The Morgan fingerprint density at radius 2 is 1.76 bits per heavy atom. The van der Waals surface area contributed by atoms with Crippen molar-refractivity contribution in [1.29, 1.82) is 0 Å². The Balaban J connectivity index is 2.31. The van der Waals surface area contributed by atoms with E-state index >= 15 is 0 Å². The molecule has 108 valence electrons. The van der Waals surface area contributed by atoms with Gasteiger partial charge in [0.25, 0.3) is 5.91 Å². The van der Waals surface area contributed by atoms with Crippen molar-refractivity contribution in [1.82, 2.24) is 0 Å². The molecule has 0 aromatic heterocycles. The third kappa shape index (κ3) is 3.45. The molecule has 2 aromatic carbocycles. The maximum absolute atomic E-state index is 12.1. The first kappa shape index (κ1) is 15.2. The highest BCUT2D eigenvalue weighted by molar-refractivity contribution is 6.42. The lowest BCUT2D eigenvalue weighted by Crippen LogP contribution is -2.15. The van der Waals surface area contributed by atoms with E-state index < -0.39 is 11.9 Å². The monoisotopic (exact) mass is 324 g/mol. The molecule has 0 spiro atoms. The lowest BCUT2D eigenvalue weighted by atomic mass is 10.1. The van der Waals surface area contributed by atoms with E-state index in [4.69, 9.17) is 34.0 Å². The van der Waals surface area contributed by atoms with Gasteiger partial charge in [-0.15, -0.1) is 0 Å². The van der Waals surface area contributed by atoms with Gasteiger partial charge in [-0.2, -0.15) is 0 Å². The van der Waals surface area contributed by atoms with Gasteiger partial charge in [-0.25, -0.2) is 4.79 Å². The SMILES string of the molecule is Nc1ccc(NC(=O)c2ccc(Cl)c(Cl)c2)c(C(=O)O)c1. The Bertz CT molecular complexity index is 732. The summed E-state index contributed by atoms with van der Waals surface area (Å²) in [5.74, 6) is -1.69. The molecule has 0 aliphatic carbocycles. The number of anilines is 2. The molecule has 0 heterocycles. The zero-order chi connectivity index (χ0) is 15.6. The molecular formula is C14H10Cl2N2O3. The Morgan fingerprint density at radius 3 is 2.38 bits per heavy atom. The first-order valence-corrected chi connectivity index (χ1v) is 6.53. The molecule has 7 heteroatoms. The van der Waals surface area contributed by atoms with Crippen LogP contribution in [-0.4, -0.2) is 17.0 Å². The smallest absolute Gasteiger partial charge is 0.337 e. The molecule has 0 aliphatic heterocycles. The maximum Gasteiger partial charge on any atom is 0.337 e. The topological polar surface area (TPSA) is 92.4 Å². The van der Waals surface area contributed by atoms with Crippen molar-refractivity contribution in [2.75, 3.05) is 11.1 Å². The number of nitrogen functional groups attached to an aromatic ring is 1. The minimum absolute atomic E-state index is 0.0941. The highest BCUT2D eigenvalue weighted by Gasteiger charge is 2.14. The fourth-order valence-electron chi connectivity index (χ4n) is 1.68. The lowest BCUT2D eigenvalue weighted by molar-refractivity contribution is 0.0698. The zero-order valence-corrected chi connectivity index (χ0v) is 12.1. The molecule has 2 rings (SSSR count). The average molecular weight is 325 g/mol. The van der Waals surface area contributed by atoms with Gasteiger partial charge in [-0.1, -0.05) is 23.2 Å². The Labute approximate surface area is 130 Å². The molecule has 4 N–H and O–H groups in total. The van der Waals surface area contributed by atoms with Crippen molar-refractivity contribution < 1.29 is 14.7 Å². The van der Waals surface area contributed by atoms with Crippen LogP contribution in [0.1, 0.15) is 20.7 Å². The summed E-state index contributed by atoms with van der Waals surface area (Å²) in [6, 6.07) is 8.57. The first-order valence-electron chi connectivity index (χ1n) is 5.77. The molecule has 0 saturated carbocycles. The second-order valence-electron chi connectivity index (χ2n) is 4.19. The first-order chi connectivity index (χ1) is 9.88. The number of carboxylic acid groups (broad SMARTS) is 1. The van der Waals surface area contributed by atoms with Gasteiger partial charge in [0, 0.05) is 11.3 Å². The number of carbonyl (C=O) groups excluding carboxylic acids is 1. The van der Waals surface area contributed by atoms with Crippen molar-refractivity contribution in [2.24, 2.45) is 0 Å². The number of carboxylic acids is 1. The lowest BCUT2D eigenvalue weighted by Gasteiger charge is -2.09. The number of aromatic carboxylic acids is 1. The van der Waals surface area contributed by atoms with Crippen LogP contribution in [-0.2, 0) is 0 Å². The summed E-state index contributed by atoms with van der Waals surface area (Å²) < 4.78 is 0. The number of hydrogen-bond donors (Lipinski definition) is 3. The summed E-state index contributed by atoms with van der Waals surface area (Å²) in [7, 11) is 0. The van der Waals surface area contributed by atoms with Gasteiger partial charge in [0.2, 0.25) is 0 Å². The van der Waals surface area contributed by atoms with Crippen LogP contribution in [0.5, 0.6) is 0 Å². The molecule has 0 aliphatic rings. The highest BCUT2D eigenvalue weighted by atomic mass is 35.5. The Kier molecular flexibility index (Phi) is 4.35. The average Bonchev–Trinajstić information content (AvgIpc) is 2.43. The number of nitrogens with two attached hydrogens (primary N) is 1. The number of rotatable bonds is 3. The quantitative estimate of drug-likeness (QED) is 0.753. The molecule has 0 bridgehead atoms. The molecule has 0 unspecified atom stereocenters. The van der Waals surface area contributed by atoms with Gasteiger partial charge in [0.05, 0.1) is 21.3 Å². The minimum atomic E-state index is -1.19. The van der Waals surface area contributed by atoms with Crippen molar-refractivity contribution in [3.05, 3.63) is 57.6 Å². The van der Waals surface area contributed by atoms with Gasteiger partial charge in [0.1, 0.15) is 0 Å². The highest BCUT2D eigenvalue weighted by Crippen LogP contribution is 2.24. The van der Waals surface area contributed by atoms with Crippen LogP contribution in [0, 0.1) is 0 Å². The number of nitrogens with one attached hydrogen (secondary N) is 1. The number of halogens is 2. The third-order valence-corrected chi connectivity index (χ3v) is 3.44. The van der Waals surface area contributed by atoms with Crippen LogP contribution in [0.25, 0.3) is 0 Å². The molecule has 2 aromatic rings. The Morgan fingerprint density at radius 1 is 1.05 bits per heavy atom. The summed E-state index contributed by atoms with van der Waals surface area (Å²) in [6.45, 7) is 0. The van der Waals surface area contributed by atoms with E-state index in [0.717, 1.165) is 0 Å². The molecule has 5 nitrogen and oxygen atoms in total. The third-order valence-electron chi connectivity index (χ3n) is 2.70. The van der Waals surface area contributed by atoms with E-state index in [2.05, 4.69) is 5.32 Å². The van der Waals surface area contributed by atoms with Gasteiger partial charge < -0.3 is 16.2 Å². The molecule has 0 radical (unpaired) electrons. The van der Waals surface area contributed by atoms with E-state index in [-0.39, 0.29) is 21.8 Å². The second kappa shape index (κ2) is 6.03. The number of benzene rings is 2. The molecule has 0 saturated heterocycles. The van der Waals surface area contributed by atoms with Crippen molar-refractivity contribution in [2.45, 2.75) is 0 Å².